The van der Waals surface area contributed by atoms with Gasteiger partial charge in [-0.2, -0.15) is 0 Å². The lowest BCUT2D eigenvalue weighted by Gasteiger charge is -2.09. The number of benzene rings is 2. The molecule has 31 heavy (non-hydrogen) atoms. The van der Waals surface area contributed by atoms with Crippen LogP contribution < -0.4 is 20.1 Å². The first kappa shape index (κ1) is 23.8. The average molecular weight is 450 g/mol. The van der Waals surface area contributed by atoms with Gasteiger partial charge in [-0.05, 0) is 30.3 Å². The first-order valence-electron chi connectivity index (χ1n) is 9.01. The van der Waals surface area contributed by atoms with E-state index in [1.54, 1.807) is 24.3 Å². The van der Waals surface area contributed by atoms with E-state index < -0.39 is 26.8 Å². The van der Waals surface area contributed by atoms with Gasteiger partial charge in [-0.15, -0.1) is 0 Å². The maximum atomic E-state index is 12.2. The molecule has 0 aliphatic heterocycles. The Morgan fingerprint density at radius 2 is 1.71 bits per heavy atom. The smallest absolute Gasteiger partial charge is 0.311 e. The molecule has 12 heteroatoms. The molecule has 0 aliphatic carbocycles. The van der Waals surface area contributed by atoms with Crippen molar-refractivity contribution in [3.8, 4) is 5.75 Å². The van der Waals surface area contributed by atoms with E-state index in [2.05, 4.69) is 15.4 Å². The van der Waals surface area contributed by atoms with Crippen LogP contribution in [-0.4, -0.2) is 45.9 Å². The fourth-order valence-corrected chi connectivity index (χ4v) is 3.32. The van der Waals surface area contributed by atoms with Gasteiger partial charge in [0, 0.05) is 18.2 Å². The molecule has 2 aromatic rings. The Balaban J connectivity index is 1.86. The number of hydrogen-bond donors (Lipinski definition) is 3. The molecular weight excluding hydrogens is 428 g/mol. The van der Waals surface area contributed by atoms with Crippen molar-refractivity contribution in [2.75, 3.05) is 20.7 Å². The number of nitrogens with zero attached hydrogens (tertiary/aromatic N) is 1. The minimum Gasteiger partial charge on any atom is -0.490 e. The molecule has 3 N–H and O–H groups in total. The monoisotopic (exact) mass is 450 g/mol. The predicted molar refractivity (Wildman–Crippen MR) is 112 cm³/mol. The second-order valence-electron chi connectivity index (χ2n) is 6.38. The van der Waals surface area contributed by atoms with E-state index in [1.165, 1.54) is 26.3 Å². The molecule has 0 atom stereocenters. The van der Waals surface area contributed by atoms with Gasteiger partial charge >= 0.3 is 5.69 Å². The molecule has 0 heterocycles. The average Bonchev–Trinajstić information content (AvgIpc) is 2.76. The number of nitro groups is 1. The van der Waals surface area contributed by atoms with Crippen molar-refractivity contribution in [1.29, 1.82) is 0 Å². The first-order chi connectivity index (χ1) is 14.6. The van der Waals surface area contributed by atoms with Crippen LogP contribution in [0.4, 0.5) is 5.69 Å². The Labute approximate surface area is 179 Å². The molecule has 166 valence electrons. The number of amides is 2. The summed E-state index contributed by atoms with van der Waals surface area (Å²) < 4.78 is 30.2. The Morgan fingerprint density at radius 3 is 2.29 bits per heavy atom. The topological polar surface area (TPSA) is 157 Å². The molecule has 2 aromatic carbocycles. The summed E-state index contributed by atoms with van der Waals surface area (Å²) in [7, 11) is -0.742. The van der Waals surface area contributed by atoms with Gasteiger partial charge in [0.15, 0.2) is 5.75 Å². The zero-order valence-corrected chi connectivity index (χ0v) is 17.7. The van der Waals surface area contributed by atoms with Crippen LogP contribution in [0.25, 0.3) is 0 Å². The number of rotatable bonds is 10. The number of ether oxygens (including phenoxy) is 1. The number of hydrogen-bond acceptors (Lipinski definition) is 7. The molecule has 0 unspecified atom stereocenters. The number of carbonyl (C=O) groups is 2. The molecule has 0 radical (unpaired) electrons. The molecule has 0 bridgehead atoms. The summed E-state index contributed by atoms with van der Waals surface area (Å²) in [6, 6.07) is 10.4. The van der Waals surface area contributed by atoms with Gasteiger partial charge in [-0.3, -0.25) is 19.7 Å². The maximum absolute atomic E-state index is 12.2. The molecule has 0 fully saturated rings. The summed E-state index contributed by atoms with van der Waals surface area (Å²) in [5.41, 5.74) is 1.01. The number of nitro benzene ring substituents is 1. The second-order valence-corrected chi connectivity index (χ2v) is 8.31. The molecule has 0 saturated carbocycles. The van der Waals surface area contributed by atoms with Crippen molar-refractivity contribution in [3.05, 3.63) is 69.3 Å². The van der Waals surface area contributed by atoms with Gasteiger partial charge in [0.05, 0.1) is 24.3 Å². The highest BCUT2D eigenvalue weighted by Crippen LogP contribution is 2.27. The lowest BCUT2D eigenvalue weighted by molar-refractivity contribution is -0.385. The first-order valence-corrected chi connectivity index (χ1v) is 10.7. The van der Waals surface area contributed by atoms with Crippen LogP contribution in [0.3, 0.4) is 0 Å². The van der Waals surface area contributed by atoms with Crippen molar-refractivity contribution in [2.45, 2.75) is 12.3 Å². The van der Waals surface area contributed by atoms with E-state index in [4.69, 9.17) is 4.74 Å². The lowest BCUT2D eigenvalue weighted by atomic mass is 10.1. The highest BCUT2D eigenvalue weighted by Gasteiger charge is 2.18. The Kier molecular flexibility index (Phi) is 8.05. The normalized spacial score (nSPS) is 10.9. The van der Waals surface area contributed by atoms with Gasteiger partial charge in [0.25, 0.3) is 5.91 Å². The van der Waals surface area contributed by atoms with E-state index in [0.717, 1.165) is 11.6 Å². The van der Waals surface area contributed by atoms with E-state index in [-0.39, 0.29) is 35.8 Å². The SMILES string of the molecule is CNS(=O)(=O)Cc1ccc(CNC(=O)CNC(=O)c2ccc(OC)c([N+](=O)[O-])c2)cc1. The summed E-state index contributed by atoms with van der Waals surface area (Å²) in [6.45, 7) is -0.140. The summed E-state index contributed by atoms with van der Waals surface area (Å²) in [5, 5.41) is 16.1. The van der Waals surface area contributed by atoms with Gasteiger partial charge in [0.1, 0.15) is 0 Å². The molecule has 0 saturated heterocycles. The molecule has 11 nitrogen and oxygen atoms in total. The zero-order chi connectivity index (χ0) is 23.0. The van der Waals surface area contributed by atoms with Crippen molar-refractivity contribution in [2.24, 2.45) is 0 Å². The highest BCUT2D eigenvalue weighted by atomic mass is 32.2. The Morgan fingerprint density at radius 1 is 1.06 bits per heavy atom. The quantitative estimate of drug-likeness (QED) is 0.355. The number of carbonyl (C=O) groups excluding carboxylic acids is 2. The second kappa shape index (κ2) is 10.5. The maximum Gasteiger partial charge on any atom is 0.311 e. The summed E-state index contributed by atoms with van der Waals surface area (Å²) >= 11 is 0. The van der Waals surface area contributed by atoms with Crippen LogP contribution in [0.1, 0.15) is 21.5 Å². The number of nitrogens with one attached hydrogen (secondary N) is 3. The lowest BCUT2D eigenvalue weighted by Crippen LogP contribution is -2.36. The van der Waals surface area contributed by atoms with E-state index >= 15 is 0 Å². The van der Waals surface area contributed by atoms with Crippen molar-refractivity contribution >= 4 is 27.5 Å². The van der Waals surface area contributed by atoms with Gasteiger partial charge in [0.2, 0.25) is 15.9 Å². The zero-order valence-electron chi connectivity index (χ0n) is 16.9. The molecule has 0 aliphatic rings. The molecule has 2 amide bonds. The van der Waals surface area contributed by atoms with Crippen molar-refractivity contribution in [1.82, 2.24) is 15.4 Å². The van der Waals surface area contributed by atoms with Crippen molar-refractivity contribution < 1.29 is 27.7 Å². The van der Waals surface area contributed by atoms with Crippen molar-refractivity contribution in [3.63, 3.8) is 0 Å². The minimum absolute atomic E-state index is 0.0208. The standard InChI is InChI=1S/C19H22N4O7S/c1-20-31(28,29)12-14-5-3-13(4-6-14)10-21-18(24)11-22-19(25)15-7-8-17(30-2)16(9-15)23(26)27/h3-9,20H,10-12H2,1-2H3,(H,21,24)(H,22,25). The van der Waals surface area contributed by atoms with Crippen LogP contribution >= 0.6 is 0 Å². The molecular formula is C19H22N4O7S. The molecule has 2 rings (SSSR count). The molecule has 0 spiro atoms. The fraction of sp³-hybridized carbons (Fsp3) is 0.263. The van der Waals surface area contributed by atoms with Crippen LogP contribution in [-0.2, 0) is 27.1 Å². The fourth-order valence-electron chi connectivity index (χ4n) is 2.54. The highest BCUT2D eigenvalue weighted by molar-refractivity contribution is 7.88. The summed E-state index contributed by atoms with van der Waals surface area (Å²) in [4.78, 5) is 34.5. The van der Waals surface area contributed by atoms with Gasteiger partial charge < -0.3 is 15.4 Å². The van der Waals surface area contributed by atoms with Crippen LogP contribution in [0.15, 0.2) is 42.5 Å². The predicted octanol–water partition coefficient (Wildman–Crippen LogP) is 0.699. The number of methoxy groups -OCH3 is 1. The van der Waals surface area contributed by atoms with Gasteiger partial charge in [-0.25, -0.2) is 13.1 Å². The summed E-state index contributed by atoms with van der Waals surface area (Å²) in [5.74, 6) is -1.23. The third-order valence-corrected chi connectivity index (χ3v) is 5.56. The van der Waals surface area contributed by atoms with Crippen LogP contribution in [0.5, 0.6) is 5.75 Å². The van der Waals surface area contributed by atoms with Crippen LogP contribution in [0.2, 0.25) is 0 Å². The molecule has 0 aromatic heterocycles. The largest absolute Gasteiger partial charge is 0.490 e. The van der Waals surface area contributed by atoms with E-state index in [1.807, 2.05) is 0 Å². The van der Waals surface area contributed by atoms with Gasteiger partial charge in [-0.1, -0.05) is 24.3 Å². The minimum atomic E-state index is -3.37. The van der Waals surface area contributed by atoms with E-state index in [9.17, 15) is 28.1 Å². The number of sulfonamides is 1. The Hall–Kier alpha value is -3.51. The third-order valence-electron chi connectivity index (χ3n) is 4.23. The van der Waals surface area contributed by atoms with E-state index in [0.29, 0.717) is 5.56 Å². The third kappa shape index (κ3) is 7.04. The summed E-state index contributed by atoms with van der Waals surface area (Å²) in [6.07, 6.45) is 0. The van der Waals surface area contributed by atoms with Crippen LogP contribution in [0, 0.1) is 10.1 Å². The Bertz CT molecular complexity index is 1070.